The number of rotatable bonds is 4. The number of carbonyl (C=O) groups excluding carboxylic acids is 1. The van der Waals surface area contributed by atoms with E-state index < -0.39 is 44.5 Å². The number of nitrogens with one attached hydrogen (secondary N) is 1. The van der Waals surface area contributed by atoms with Crippen LogP contribution in [-0.4, -0.2) is 27.5 Å². The van der Waals surface area contributed by atoms with Gasteiger partial charge in [-0.1, -0.05) is 0 Å². The molecule has 10 heteroatoms. The predicted molar refractivity (Wildman–Crippen MR) is 63.2 cm³/mol. The Bertz CT molecular complexity index is 642. The van der Waals surface area contributed by atoms with Crippen LogP contribution >= 0.6 is 0 Å². The molecule has 0 unspecified atom stereocenters. The summed E-state index contributed by atoms with van der Waals surface area (Å²) in [6.07, 6.45) is -6.18. The molecule has 1 atom stereocenters. The number of benzene rings is 1. The van der Waals surface area contributed by atoms with Crippen LogP contribution in [0.25, 0.3) is 0 Å². The number of carbonyl (C=O) groups is 1. The molecule has 0 heterocycles. The first kappa shape index (κ1) is 17.4. The highest BCUT2D eigenvalue weighted by molar-refractivity contribution is 7.90. The molecule has 1 amide bonds. The van der Waals surface area contributed by atoms with Gasteiger partial charge in [-0.15, -0.1) is 0 Å². The summed E-state index contributed by atoms with van der Waals surface area (Å²) in [5.74, 6) is -2.67. The summed E-state index contributed by atoms with van der Waals surface area (Å²) >= 11 is 0. The molecule has 0 aliphatic heterocycles. The molecule has 1 aromatic carbocycles. The van der Waals surface area contributed by atoms with E-state index in [4.69, 9.17) is 0 Å². The molecule has 0 aromatic heterocycles. The second kappa shape index (κ2) is 5.98. The molecule has 118 valence electrons. The molecule has 0 bridgehead atoms. The third-order valence-electron chi connectivity index (χ3n) is 2.51. The number of hydrogen-bond acceptors (Lipinski definition) is 4. The van der Waals surface area contributed by atoms with Crippen molar-refractivity contribution >= 4 is 15.9 Å². The Kier molecular flexibility index (Phi) is 4.95. The number of ether oxygens (including phenoxy) is 1. The molecule has 0 saturated carbocycles. The van der Waals surface area contributed by atoms with Gasteiger partial charge in [0.2, 0.25) is 0 Å². The van der Waals surface area contributed by atoms with Crippen LogP contribution in [-0.2, 0) is 25.7 Å². The average Bonchev–Trinajstić information content (AvgIpc) is 2.35. The molecule has 1 N–H and O–H groups in total. The lowest BCUT2D eigenvalue weighted by atomic mass is 10.2. The SMILES string of the molecule is CO[C@@H](C)C(=O)NS(=O)(=O)c1ccc(F)c(C(F)(F)F)c1. The van der Waals surface area contributed by atoms with Gasteiger partial charge in [-0.2, -0.15) is 13.2 Å². The van der Waals surface area contributed by atoms with Gasteiger partial charge in [-0.05, 0) is 25.1 Å². The number of alkyl halides is 3. The first-order valence-electron chi connectivity index (χ1n) is 5.45. The van der Waals surface area contributed by atoms with Gasteiger partial charge in [0, 0.05) is 7.11 Å². The molecule has 0 saturated heterocycles. The first-order valence-corrected chi connectivity index (χ1v) is 6.93. The van der Waals surface area contributed by atoms with Crippen molar-refractivity contribution in [1.82, 2.24) is 4.72 Å². The van der Waals surface area contributed by atoms with Crippen LogP contribution in [0.1, 0.15) is 12.5 Å². The maximum Gasteiger partial charge on any atom is 0.419 e. The monoisotopic (exact) mass is 329 g/mol. The molecule has 0 aliphatic rings. The van der Waals surface area contributed by atoms with Crippen LogP contribution in [0.2, 0.25) is 0 Å². The van der Waals surface area contributed by atoms with Crippen LogP contribution in [0.15, 0.2) is 23.1 Å². The van der Waals surface area contributed by atoms with Crippen molar-refractivity contribution in [2.24, 2.45) is 0 Å². The largest absolute Gasteiger partial charge is 0.419 e. The predicted octanol–water partition coefficient (Wildman–Crippen LogP) is 1.68. The van der Waals surface area contributed by atoms with Gasteiger partial charge in [-0.25, -0.2) is 17.5 Å². The van der Waals surface area contributed by atoms with Gasteiger partial charge in [0.15, 0.2) is 0 Å². The Morgan fingerprint density at radius 3 is 2.38 bits per heavy atom. The molecule has 0 fully saturated rings. The zero-order valence-electron chi connectivity index (χ0n) is 10.9. The fraction of sp³-hybridized carbons (Fsp3) is 0.364. The summed E-state index contributed by atoms with van der Waals surface area (Å²) < 4.78 is 80.3. The van der Waals surface area contributed by atoms with E-state index in [0.717, 1.165) is 7.11 Å². The standard InChI is InChI=1S/C11H11F4NO4S/c1-6(20-2)10(17)16-21(18,19)7-3-4-9(12)8(5-7)11(13,14)15/h3-6H,1-2H3,(H,16,17)/t6-/m0/s1. The molecule has 0 radical (unpaired) electrons. The average molecular weight is 329 g/mol. The van der Waals surface area contributed by atoms with Crippen molar-refractivity contribution in [2.75, 3.05) is 7.11 Å². The van der Waals surface area contributed by atoms with Crippen LogP contribution in [0.4, 0.5) is 17.6 Å². The van der Waals surface area contributed by atoms with Crippen molar-refractivity contribution in [3.63, 3.8) is 0 Å². The number of halogens is 4. The Balaban J connectivity index is 3.19. The van der Waals surface area contributed by atoms with Gasteiger partial charge in [0.25, 0.3) is 15.9 Å². The van der Waals surface area contributed by atoms with E-state index in [2.05, 4.69) is 4.74 Å². The molecule has 0 aliphatic carbocycles. The van der Waals surface area contributed by atoms with E-state index in [1.165, 1.54) is 11.6 Å². The zero-order chi connectivity index (χ0) is 16.4. The molecule has 5 nitrogen and oxygen atoms in total. The van der Waals surface area contributed by atoms with E-state index in [0.29, 0.717) is 12.1 Å². The summed E-state index contributed by atoms with van der Waals surface area (Å²) in [7, 11) is -3.41. The summed E-state index contributed by atoms with van der Waals surface area (Å²) in [5.41, 5.74) is -1.74. The van der Waals surface area contributed by atoms with Crippen molar-refractivity contribution < 1.29 is 35.5 Å². The van der Waals surface area contributed by atoms with Gasteiger partial charge in [0.05, 0.1) is 10.5 Å². The van der Waals surface area contributed by atoms with Crippen LogP contribution < -0.4 is 4.72 Å². The lowest BCUT2D eigenvalue weighted by Gasteiger charge is -2.13. The first-order chi connectivity index (χ1) is 9.49. The van der Waals surface area contributed by atoms with Gasteiger partial charge in [0.1, 0.15) is 11.9 Å². The number of methoxy groups -OCH3 is 1. The summed E-state index contributed by atoms with van der Waals surface area (Å²) in [6.45, 7) is 1.25. The van der Waals surface area contributed by atoms with E-state index in [-0.39, 0.29) is 6.07 Å². The van der Waals surface area contributed by atoms with Crippen LogP contribution in [0.5, 0.6) is 0 Å². The van der Waals surface area contributed by atoms with Gasteiger partial charge < -0.3 is 4.74 Å². The number of sulfonamides is 1. The van der Waals surface area contributed by atoms with Crippen LogP contribution in [0.3, 0.4) is 0 Å². The third kappa shape index (κ3) is 4.14. The molecule has 21 heavy (non-hydrogen) atoms. The molecular formula is C11H11F4NO4S. The van der Waals surface area contributed by atoms with Gasteiger partial charge in [-0.3, -0.25) is 4.79 Å². The minimum atomic E-state index is -5.06. The highest BCUT2D eigenvalue weighted by Crippen LogP contribution is 2.32. The Morgan fingerprint density at radius 1 is 1.33 bits per heavy atom. The smallest absolute Gasteiger partial charge is 0.372 e. The van der Waals surface area contributed by atoms with E-state index in [1.54, 1.807) is 0 Å². The molecular weight excluding hydrogens is 318 g/mol. The highest BCUT2D eigenvalue weighted by Gasteiger charge is 2.35. The zero-order valence-corrected chi connectivity index (χ0v) is 11.7. The fourth-order valence-electron chi connectivity index (χ4n) is 1.27. The third-order valence-corrected chi connectivity index (χ3v) is 3.86. The topological polar surface area (TPSA) is 72.5 Å². The normalized spacial score (nSPS) is 13.8. The van der Waals surface area contributed by atoms with Crippen molar-refractivity contribution in [2.45, 2.75) is 24.1 Å². The highest BCUT2D eigenvalue weighted by atomic mass is 32.2. The van der Waals surface area contributed by atoms with Crippen LogP contribution in [0, 0.1) is 5.82 Å². The van der Waals surface area contributed by atoms with Gasteiger partial charge >= 0.3 is 6.18 Å². The minimum Gasteiger partial charge on any atom is -0.372 e. The number of hydrogen-bond donors (Lipinski definition) is 1. The van der Waals surface area contributed by atoms with E-state index >= 15 is 0 Å². The lowest BCUT2D eigenvalue weighted by molar-refractivity contribution is -0.140. The Labute approximate surface area is 118 Å². The quantitative estimate of drug-likeness (QED) is 0.853. The molecule has 0 spiro atoms. The summed E-state index contributed by atoms with van der Waals surface area (Å²) in [5, 5.41) is 0. The molecule has 1 aromatic rings. The maximum atomic E-state index is 13.1. The van der Waals surface area contributed by atoms with Crippen molar-refractivity contribution in [1.29, 1.82) is 0 Å². The second-order valence-electron chi connectivity index (χ2n) is 3.99. The summed E-state index contributed by atoms with van der Waals surface area (Å²) in [6, 6.07) is 1.10. The lowest BCUT2D eigenvalue weighted by Crippen LogP contribution is -2.38. The summed E-state index contributed by atoms with van der Waals surface area (Å²) in [4.78, 5) is 10.5. The van der Waals surface area contributed by atoms with E-state index in [1.807, 2.05) is 0 Å². The fourth-order valence-corrected chi connectivity index (χ4v) is 2.34. The Morgan fingerprint density at radius 2 is 1.90 bits per heavy atom. The molecule has 1 rings (SSSR count). The minimum absolute atomic E-state index is 0.114. The van der Waals surface area contributed by atoms with E-state index in [9.17, 15) is 30.8 Å². The second-order valence-corrected chi connectivity index (χ2v) is 5.67. The van der Waals surface area contributed by atoms with Crippen molar-refractivity contribution in [3.8, 4) is 0 Å². The Hall–Kier alpha value is -1.68. The maximum absolute atomic E-state index is 13.1. The number of amides is 1. The van der Waals surface area contributed by atoms with Crippen molar-refractivity contribution in [3.05, 3.63) is 29.6 Å².